The Labute approximate surface area is 145 Å². The molecule has 0 saturated carbocycles. The predicted molar refractivity (Wildman–Crippen MR) is 94.3 cm³/mol. The standard InChI is InChI=1S/C18H24N2O3S/c1-4-14-5-6-16(23-14)15-9-12(2)7-8-19(15)17(21)10-20-13(3)11-24-18(20)22/h5-6,11-12,15H,4,7-10H2,1-3H3/t12-,15+/m0/s1. The lowest BCUT2D eigenvalue weighted by atomic mass is 9.91. The smallest absolute Gasteiger partial charge is 0.307 e. The van der Waals surface area contributed by atoms with Crippen LogP contribution in [-0.4, -0.2) is 21.9 Å². The molecule has 0 aliphatic carbocycles. The van der Waals surface area contributed by atoms with Crippen LogP contribution in [-0.2, 0) is 17.8 Å². The van der Waals surface area contributed by atoms with Crippen LogP contribution >= 0.6 is 11.3 Å². The van der Waals surface area contributed by atoms with Crippen molar-refractivity contribution in [1.82, 2.24) is 9.47 Å². The minimum absolute atomic E-state index is 0.00931. The van der Waals surface area contributed by atoms with Crippen LogP contribution < -0.4 is 4.87 Å². The van der Waals surface area contributed by atoms with E-state index in [-0.39, 0.29) is 23.4 Å². The molecule has 1 amide bonds. The van der Waals surface area contributed by atoms with E-state index in [0.717, 1.165) is 47.8 Å². The summed E-state index contributed by atoms with van der Waals surface area (Å²) in [6, 6.07) is 3.95. The lowest BCUT2D eigenvalue weighted by molar-refractivity contribution is -0.137. The van der Waals surface area contributed by atoms with E-state index in [1.54, 1.807) is 9.95 Å². The number of aryl methyl sites for hydroxylation is 2. The number of likely N-dealkylation sites (tertiary alicyclic amines) is 1. The lowest BCUT2D eigenvalue weighted by Crippen LogP contribution is -2.43. The van der Waals surface area contributed by atoms with Crippen LogP contribution in [0.2, 0.25) is 0 Å². The number of carbonyl (C=O) groups is 1. The summed E-state index contributed by atoms with van der Waals surface area (Å²) in [4.78, 5) is 26.6. The predicted octanol–water partition coefficient (Wildman–Crippen LogP) is 3.37. The molecule has 2 atom stereocenters. The number of nitrogens with zero attached hydrogens (tertiary/aromatic N) is 2. The Morgan fingerprint density at radius 1 is 1.42 bits per heavy atom. The lowest BCUT2D eigenvalue weighted by Gasteiger charge is -2.37. The minimum Gasteiger partial charge on any atom is -0.464 e. The van der Waals surface area contributed by atoms with E-state index in [2.05, 4.69) is 13.8 Å². The van der Waals surface area contributed by atoms with Crippen molar-refractivity contribution >= 4 is 17.2 Å². The number of furan rings is 1. The molecule has 1 fully saturated rings. The minimum atomic E-state index is -0.0750. The van der Waals surface area contributed by atoms with E-state index in [1.807, 2.05) is 24.0 Å². The van der Waals surface area contributed by atoms with E-state index in [0.29, 0.717) is 12.5 Å². The maximum absolute atomic E-state index is 12.9. The van der Waals surface area contributed by atoms with Gasteiger partial charge in [-0.3, -0.25) is 14.2 Å². The highest BCUT2D eigenvalue weighted by atomic mass is 32.1. The SMILES string of the molecule is CCc1ccc([C@H]2C[C@@H](C)CCN2C(=O)Cn2c(C)csc2=O)o1. The van der Waals surface area contributed by atoms with Gasteiger partial charge in [-0.25, -0.2) is 0 Å². The number of hydrogen-bond acceptors (Lipinski definition) is 4. The summed E-state index contributed by atoms with van der Waals surface area (Å²) in [5.74, 6) is 2.35. The molecule has 1 aliphatic heterocycles. The first kappa shape index (κ1) is 17.0. The van der Waals surface area contributed by atoms with Gasteiger partial charge in [0.25, 0.3) is 0 Å². The molecule has 1 saturated heterocycles. The zero-order chi connectivity index (χ0) is 17.3. The van der Waals surface area contributed by atoms with Gasteiger partial charge in [-0.15, -0.1) is 0 Å². The Balaban J connectivity index is 1.83. The van der Waals surface area contributed by atoms with Gasteiger partial charge in [0, 0.05) is 24.0 Å². The highest BCUT2D eigenvalue weighted by Crippen LogP contribution is 2.35. The fraction of sp³-hybridized carbons (Fsp3) is 0.556. The quantitative estimate of drug-likeness (QED) is 0.851. The zero-order valence-electron chi connectivity index (χ0n) is 14.4. The zero-order valence-corrected chi connectivity index (χ0v) is 15.3. The monoisotopic (exact) mass is 348 g/mol. The van der Waals surface area contributed by atoms with Crippen molar-refractivity contribution in [2.75, 3.05) is 6.54 Å². The normalized spacial score (nSPS) is 21.2. The molecule has 3 heterocycles. The van der Waals surface area contributed by atoms with Crippen LogP contribution in [0.1, 0.15) is 49.9 Å². The first-order valence-electron chi connectivity index (χ1n) is 8.52. The van der Waals surface area contributed by atoms with E-state index in [9.17, 15) is 9.59 Å². The molecule has 0 spiro atoms. The number of rotatable bonds is 4. The van der Waals surface area contributed by atoms with Crippen LogP contribution in [0, 0.1) is 12.8 Å². The van der Waals surface area contributed by atoms with Crippen molar-refractivity contribution in [3.63, 3.8) is 0 Å². The molecule has 2 aromatic rings. The molecule has 0 aromatic carbocycles. The number of hydrogen-bond donors (Lipinski definition) is 0. The van der Waals surface area contributed by atoms with Gasteiger partial charge in [-0.1, -0.05) is 25.2 Å². The van der Waals surface area contributed by atoms with Gasteiger partial charge in [-0.05, 0) is 37.8 Å². The van der Waals surface area contributed by atoms with E-state index in [1.165, 1.54) is 0 Å². The molecule has 24 heavy (non-hydrogen) atoms. The molecular weight excluding hydrogens is 324 g/mol. The molecular formula is C18H24N2O3S. The number of thiazole rings is 1. The molecule has 130 valence electrons. The van der Waals surface area contributed by atoms with Gasteiger partial charge in [0.1, 0.15) is 18.1 Å². The number of piperidine rings is 1. The third kappa shape index (κ3) is 3.34. The van der Waals surface area contributed by atoms with Crippen LogP contribution in [0.5, 0.6) is 0 Å². The van der Waals surface area contributed by atoms with Gasteiger partial charge in [0.15, 0.2) is 0 Å². The van der Waals surface area contributed by atoms with E-state index >= 15 is 0 Å². The second-order valence-corrected chi connectivity index (χ2v) is 7.44. The number of carbonyl (C=O) groups excluding carboxylic acids is 1. The number of amides is 1. The molecule has 6 heteroatoms. The summed E-state index contributed by atoms with van der Waals surface area (Å²) < 4.78 is 7.48. The Kier molecular flexibility index (Phi) is 4.94. The van der Waals surface area contributed by atoms with Crippen LogP contribution in [0.25, 0.3) is 0 Å². The third-order valence-corrected chi connectivity index (χ3v) is 5.70. The van der Waals surface area contributed by atoms with Gasteiger partial charge in [0.2, 0.25) is 5.91 Å². The first-order valence-corrected chi connectivity index (χ1v) is 9.40. The molecule has 5 nitrogen and oxygen atoms in total. The van der Waals surface area contributed by atoms with Crippen molar-refractivity contribution in [2.45, 2.75) is 52.6 Å². The highest BCUT2D eigenvalue weighted by Gasteiger charge is 2.33. The van der Waals surface area contributed by atoms with Crippen molar-refractivity contribution < 1.29 is 9.21 Å². The Hall–Kier alpha value is -1.82. The van der Waals surface area contributed by atoms with E-state index in [4.69, 9.17) is 4.42 Å². The summed E-state index contributed by atoms with van der Waals surface area (Å²) in [7, 11) is 0. The Morgan fingerprint density at radius 2 is 2.21 bits per heavy atom. The summed E-state index contributed by atoms with van der Waals surface area (Å²) in [6.45, 7) is 6.96. The largest absolute Gasteiger partial charge is 0.464 e. The van der Waals surface area contributed by atoms with Gasteiger partial charge in [0.05, 0.1) is 6.04 Å². The second-order valence-electron chi connectivity index (χ2n) is 6.62. The molecule has 2 aromatic heterocycles. The van der Waals surface area contributed by atoms with Crippen molar-refractivity contribution in [1.29, 1.82) is 0 Å². The summed E-state index contributed by atoms with van der Waals surface area (Å²) in [5.41, 5.74) is 0.839. The Morgan fingerprint density at radius 3 is 2.83 bits per heavy atom. The fourth-order valence-electron chi connectivity index (χ4n) is 3.30. The van der Waals surface area contributed by atoms with Crippen molar-refractivity contribution in [2.24, 2.45) is 5.92 Å². The van der Waals surface area contributed by atoms with Crippen LogP contribution in [0.4, 0.5) is 0 Å². The fourth-order valence-corrected chi connectivity index (χ4v) is 4.03. The van der Waals surface area contributed by atoms with Crippen molar-refractivity contribution in [3.05, 3.63) is 44.4 Å². The molecule has 0 N–H and O–H groups in total. The highest BCUT2D eigenvalue weighted by molar-refractivity contribution is 7.07. The van der Waals surface area contributed by atoms with Crippen LogP contribution in [0.3, 0.4) is 0 Å². The second kappa shape index (κ2) is 6.97. The molecule has 0 bridgehead atoms. The summed E-state index contributed by atoms with van der Waals surface area (Å²) >= 11 is 1.14. The molecule has 0 radical (unpaired) electrons. The van der Waals surface area contributed by atoms with Gasteiger partial charge >= 0.3 is 4.87 Å². The number of aromatic nitrogens is 1. The average Bonchev–Trinajstić information content (AvgIpc) is 3.16. The summed E-state index contributed by atoms with van der Waals surface area (Å²) in [5, 5.41) is 1.80. The Bertz CT molecular complexity index is 773. The van der Waals surface area contributed by atoms with Crippen LogP contribution in [0.15, 0.2) is 26.7 Å². The third-order valence-electron chi connectivity index (χ3n) is 4.81. The maximum Gasteiger partial charge on any atom is 0.307 e. The average molecular weight is 348 g/mol. The molecule has 1 aliphatic rings. The van der Waals surface area contributed by atoms with Crippen molar-refractivity contribution in [3.8, 4) is 0 Å². The molecule has 3 rings (SSSR count). The van der Waals surface area contributed by atoms with Gasteiger partial charge in [-0.2, -0.15) is 0 Å². The topological polar surface area (TPSA) is 55.5 Å². The van der Waals surface area contributed by atoms with Gasteiger partial charge < -0.3 is 9.32 Å². The van der Waals surface area contributed by atoms with E-state index < -0.39 is 0 Å². The first-order chi connectivity index (χ1) is 11.5. The maximum atomic E-state index is 12.9. The molecule has 0 unspecified atom stereocenters. The summed E-state index contributed by atoms with van der Waals surface area (Å²) in [6.07, 6.45) is 2.74.